The summed E-state index contributed by atoms with van der Waals surface area (Å²) >= 11 is 0. The molecule has 2 aliphatic heterocycles. The average Bonchev–Trinajstić information content (AvgIpc) is 3.98. The van der Waals surface area contributed by atoms with E-state index in [1.165, 1.54) is 36.7 Å². The molecule has 4 aromatic rings. The number of carbonyl (C=O) groups is 2. The van der Waals surface area contributed by atoms with Crippen LogP contribution in [0.15, 0.2) is 85.3 Å². The van der Waals surface area contributed by atoms with Crippen molar-refractivity contribution >= 4 is 23.6 Å². The number of rotatable bonds is 11. The van der Waals surface area contributed by atoms with Gasteiger partial charge in [0.15, 0.2) is 23.1 Å². The van der Waals surface area contributed by atoms with Crippen molar-refractivity contribution < 1.29 is 70.1 Å². The predicted octanol–water partition coefficient (Wildman–Crippen LogP) is 1.89. The number of aliphatic hydroxyl groups is 6. The van der Waals surface area contributed by atoms with Crippen LogP contribution in [0, 0.1) is 11.8 Å². The molecule has 11 N–H and O–H groups in total. The number of carbonyl (C=O) groups excluding carboxylic acids is 1. The van der Waals surface area contributed by atoms with Crippen molar-refractivity contribution in [1.82, 2.24) is 9.97 Å². The Kier molecular flexibility index (Phi) is 10.9. The number of aliphatic hydroxyl groups excluding tert-OH is 5. The van der Waals surface area contributed by atoms with Crippen molar-refractivity contribution in [3.63, 3.8) is 0 Å². The quantitative estimate of drug-likeness (QED) is 0.0584. The van der Waals surface area contributed by atoms with Crippen molar-refractivity contribution in [3.8, 4) is 23.0 Å². The number of hydrogen-bond acceptors (Lipinski definition) is 14. The molecule has 0 unspecified atom stereocenters. The van der Waals surface area contributed by atoms with Crippen LogP contribution in [0.25, 0.3) is 6.08 Å². The molecule has 10 atom stereocenters. The van der Waals surface area contributed by atoms with Crippen molar-refractivity contribution in [2.45, 2.75) is 79.4 Å². The molecule has 17 nitrogen and oxygen atoms in total. The molecule has 8 rings (SSSR count). The number of nitrogens with one attached hydrogen (secondary N) is 1. The van der Waals surface area contributed by atoms with Crippen LogP contribution in [0.2, 0.25) is 0 Å². The average molecular weight is 842 g/mol. The minimum atomic E-state index is -3.17. The number of phenolic OH excluding ortho intramolecular Hbond substituents is 3. The number of aromatic amines is 1. The monoisotopic (exact) mass is 841 g/mol. The maximum atomic E-state index is 14.8. The molecular formula is C44H47N3O14. The van der Waals surface area contributed by atoms with Crippen LogP contribution >= 0.6 is 0 Å². The van der Waals surface area contributed by atoms with Crippen molar-refractivity contribution in [3.05, 3.63) is 113 Å². The zero-order chi connectivity index (χ0) is 43.4. The first kappa shape index (κ1) is 41.9. The first-order valence-corrected chi connectivity index (χ1v) is 19.9. The number of carboxylic acids is 1. The van der Waals surface area contributed by atoms with Crippen LogP contribution in [0.4, 0.5) is 5.69 Å². The Hall–Kier alpha value is -5.79. The molecule has 17 heteroatoms. The molecule has 1 aromatic heterocycles. The number of amides is 1. The maximum absolute atomic E-state index is 14.8. The van der Waals surface area contributed by atoms with Crippen LogP contribution < -0.4 is 9.64 Å². The Morgan fingerprint density at radius 2 is 1.75 bits per heavy atom. The topological polar surface area (TPSA) is 287 Å². The first-order chi connectivity index (χ1) is 29.2. The number of ether oxygens (including phenoxy) is 2. The Bertz CT molecular complexity index is 2370. The zero-order valence-electron chi connectivity index (χ0n) is 32.7. The summed E-state index contributed by atoms with van der Waals surface area (Å²) in [6, 6.07) is 13.6. The van der Waals surface area contributed by atoms with Gasteiger partial charge < -0.3 is 65.5 Å². The molecule has 1 saturated heterocycles. The summed E-state index contributed by atoms with van der Waals surface area (Å²) in [7, 11) is 0. The van der Waals surface area contributed by atoms with Gasteiger partial charge in [-0.25, -0.2) is 9.78 Å². The van der Waals surface area contributed by atoms with Crippen LogP contribution in [-0.4, -0.2) is 122 Å². The summed E-state index contributed by atoms with van der Waals surface area (Å²) < 4.78 is 10.9. The van der Waals surface area contributed by atoms with Gasteiger partial charge in [0, 0.05) is 59.5 Å². The van der Waals surface area contributed by atoms with E-state index in [0.717, 1.165) is 29.2 Å². The van der Waals surface area contributed by atoms with E-state index in [2.05, 4.69) is 9.97 Å². The van der Waals surface area contributed by atoms with E-state index in [0.29, 0.717) is 36.0 Å². The molecule has 0 spiro atoms. The highest BCUT2D eigenvalue weighted by Gasteiger charge is 2.67. The largest absolute Gasteiger partial charge is 0.508 e. The van der Waals surface area contributed by atoms with Gasteiger partial charge in [0.1, 0.15) is 29.8 Å². The number of aromatic hydroxyl groups is 3. The summed E-state index contributed by atoms with van der Waals surface area (Å²) in [4.78, 5) is 36.8. The number of aromatic nitrogens is 2. The fourth-order valence-electron chi connectivity index (χ4n) is 10.2. The van der Waals surface area contributed by atoms with Gasteiger partial charge in [-0.05, 0) is 66.1 Å². The van der Waals surface area contributed by atoms with Gasteiger partial charge in [-0.15, -0.1) is 0 Å². The number of allylic oxidation sites excluding steroid dienone is 1. The van der Waals surface area contributed by atoms with E-state index in [4.69, 9.17) is 9.47 Å². The number of carboxylic acid groups (broad SMARTS) is 1. The Morgan fingerprint density at radius 1 is 0.967 bits per heavy atom. The van der Waals surface area contributed by atoms with Crippen LogP contribution in [0.1, 0.15) is 59.5 Å². The molecule has 1 amide bonds. The number of imidazole rings is 1. The molecule has 1 saturated carbocycles. The number of para-hydroxylation sites is 1. The fourth-order valence-corrected chi connectivity index (χ4v) is 10.2. The van der Waals surface area contributed by atoms with Gasteiger partial charge in [0.25, 0.3) is 5.91 Å². The molecular weight excluding hydrogens is 794 g/mol. The van der Waals surface area contributed by atoms with Crippen molar-refractivity contribution in [2.75, 3.05) is 18.1 Å². The van der Waals surface area contributed by atoms with Gasteiger partial charge in [-0.1, -0.05) is 49.3 Å². The summed E-state index contributed by atoms with van der Waals surface area (Å²) in [6.45, 7) is -1.22. The minimum absolute atomic E-state index is 0.00275. The number of nitrogens with zero attached hydrogens (tertiary/aromatic N) is 2. The Balaban J connectivity index is 1.28. The van der Waals surface area contributed by atoms with Crippen molar-refractivity contribution in [1.29, 1.82) is 0 Å². The molecule has 0 radical (unpaired) electrons. The lowest BCUT2D eigenvalue weighted by atomic mass is 9.53. The summed E-state index contributed by atoms with van der Waals surface area (Å²) in [5.74, 6) is -9.29. The number of hydrogen-bond donors (Lipinski definition) is 11. The third kappa shape index (κ3) is 6.73. The maximum Gasteiger partial charge on any atom is 0.355 e. The molecule has 0 bridgehead atoms. The number of aliphatic carboxylic acids is 1. The lowest BCUT2D eigenvalue weighted by Gasteiger charge is -2.50. The van der Waals surface area contributed by atoms with Crippen LogP contribution in [0.5, 0.6) is 23.0 Å². The van der Waals surface area contributed by atoms with Crippen LogP contribution in [0.3, 0.4) is 0 Å². The van der Waals surface area contributed by atoms with E-state index in [-0.39, 0.29) is 35.8 Å². The number of benzene rings is 3. The number of H-pyrrole nitrogens is 1. The summed E-state index contributed by atoms with van der Waals surface area (Å²) in [5, 5.41) is 109. The second-order valence-corrected chi connectivity index (χ2v) is 16.2. The molecule has 3 heterocycles. The van der Waals surface area contributed by atoms with E-state index >= 15 is 0 Å². The number of anilines is 1. The smallest absolute Gasteiger partial charge is 0.355 e. The van der Waals surface area contributed by atoms with E-state index < -0.39 is 89.1 Å². The van der Waals surface area contributed by atoms with E-state index in [1.807, 2.05) is 0 Å². The van der Waals surface area contributed by atoms with Gasteiger partial charge in [-0.3, -0.25) is 9.69 Å². The molecule has 2 aliphatic carbocycles. The Morgan fingerprint density at radius 3 is 2.46 bits per heavy atom. The summed E-state index contributed by atoms with van der Waals surface area (Å²) in [6.07, 6.45) is 3.58. The highest BCUT2D eigenvalue weighted by Crippen LogP contribution is 2.65. The highest BCUT2D eigenvalue weighted by molar-refractivity contribution is 6.13. The van der Waals surface area contributed by atoms with E-state index in [1.54, 1.807) is 42.6 Å². The van der Waals surface area contributed by atoms with Gasteiger partial charge in [0.2, 0.25) is 0 Å². The lowest BCUT2D eigenvalue weighted by molar-refractivity contribution is -0.422. The normalized spacial score (nSPS) is 31.9. The lowest BCUT2D eigenvalue weighted by Crippen LogP contribution is -2.67. The second kappa shape index (κ2) is 15.9. The molecule has 61 heavy (non-hydrogen) atoms. The standard InChI is InChI=1S/C44H47N3O14/c48-20-25-5-3-4-13-42(25,28-6-1-2-7-32(28)51)29-12-14-43(41(57)58)37(29)27-17-33(52)34(60-44(59)40(56)39(55)38(54)35(21-49)61-44)18-30(27)47(43)36(53)11-9-23-8-10-31(50)24(15-23)16-26-19-45-22-46-26/h1-2,6-12,14-15,17-19,22,25,29,35,37-40,48-52,54-56,59H,3-5,13,16,20-21H2,(H,45,46)(H,57,58)/b11-9+/t25-,29-,35-,37+,38-,39+,40-,42-,43-,44+/m1/s1. The molecule has 4 aliphatic rings. The third-order valence-corrected chi connectivity index (χ3v) is 13.0. The summed E-state index contributed by atoms with van der Waals surface area (Å²) in [5.41, 5.74) is -0.991. The molecule has 322 valence electrons. The number of fused-ring (bicyclic) bond motifs is 3. The van der Waals surface area contributed by atoms with Crippen molar-refractivity contribution in [2.24, 2.45) is 11.8 Å². The highest BCUT2D eigenvalue weighted by atomic mass is 16.8. The molecule has 3 aromatic carbocycles. The zero-order valence-corrected chi connectivity index (χ0v) is 32.7. The van der Waals surface area contributed by atoms with Crippen LogP contribution in [-0.2, 0) is 26.2 Å². The second-order valence-electron chi connectivity index (χ2n) is 16.2. The van der Waals surface area contributed by atoms with E-state index in [9.17, 15) is 60.7 Å². The minimum Gasteiger partial charge on any atom is -0.508 e. The SMILES string of the molecule is O=C(/C=C/c1ccc(O)c(Cc2cnc[nH]2)c1)N1c2cc(O[C@]3(O)O[C@H](CO)[C@@H](O)[C@H](O)[C@H]3O)c(O)cc2[C@H]2[C@H]([C@]3(c4ccccc4O)CCCC[C@@H]3CO)C=C[C@]21C(=O)O. The Labute approximate surface area is 348 Å². The number of phenols is 3. The van der Waals surface area contributed by atoms with Gasteiger partial charge >= 0.3 is 11.9 Å². The molecule has 2 fully saturated rings. The predicted molar refractivity (Wildman–Crippen MR) is 214 cm³/mol. The third-order valence-electron chi connectivity index (χ3n) is 13.0. The van der Waals surface area contributed by atoms with Gasteiger partial charge in [-0.2, -0.15) is 0 Å². The fraction of sp³-hybridized carbons (Fsp3) is 0.386. The van der Waals surface area contributed by atoms with Gasteiger partial charge in [0.05, 0.1) is 18.6 Å². The first-order valence-electron chi connectivity index (χ1n) is 19.9.